The van der Waals surface area contributed by atoms with E-state index in [0.717, 1.165) is 15.7 Å². The van der Waals surface area contributed by atoms with Gasteiger partial charge in [-0.2, -0.15) is 0 Å². The van der Waals surface area contributed by atoms with Crippen LogP contribution < -0.4 is 5.32 Å². The molecule has 0 aliphatic carbocycles. The zero-order valence-electron chi connectivity index (χ0n) is 8.74. The van der Waals surface area contributed by atoms with Crippen molar-refractivity contribution >= 4 is 22.4 Å². The maximum atomic E-state index is 10.5. The van der Waals surface area contributed by atoms with Crippen molar-refractivity contribution in [2.45, 2.75) is 13.3 Å². The predicted octanol–water partition coefficient (Wildman–Crippen LogP) is 1.14. The van der Waals surface area contributed by atoms with Gasteiger partial charge in [-0.05, 0) is 6.92 Å². The fourth-order valence-electron chi connectivity index (χ4n) is 1.07. The lowest BCUT2D eigenvalue weighted by Crippen LogP contribution is -2.06. The summed E-state index contributed by atoms with van der Waals surface area (Å²) in [6.07, 6.45) is 0.0372. The Kier molecular flexibility index (Phi) is 4.51. The summed E-state index contributed by atoms with van der Waals surface area (Å²) >= 11 is 1.38. The van der Waals surface area contributed by atoms with Gasteiger partial charge in [0.1, 0.15) is 0 Å². The number of rotatable bonds is 6. The van der Waals surface area contributed by atoms with Crippen LogP contribution in [-0.2, 0) is 16.0 Å². The molecule has 84 valence electrons. The van der Waals surface area contributed by atoms with E-state index in [1.807, 2.05) is 6.92 Å². The van der Waals surface area contributed by atoms with Gasteiger partial charge in [0.25, 0.3) is 0 Å². The minimum atomic E-state index is -0.829. The van der Waals surface area contributed by atoms with E-state index >= 15 is 0 Å². The van der Waals surface area contributed by atoms with E-state index in [9.17, 15) is 4.79 Å². The third-order valence-corrected chi connectivity index (χ3v) is 2.90. The molecular weight excluding hydrogens is 216 g/mol. The number of nitrogens with zero attached hydrogens (tertiary/aromatic N) is 1. The standard InChI is InChI=1S/C9H14N2O3S/c1-6-7(5-8(12)13)15-9(11-6)10-3-4-14-2/h3-5H2,1-2H3,(H,10,11)(H,12,13). The number of carboxylic acids is 1. The van der Waals surface area contributed by atoms with Gasteiger partial charge in [-0.15, -0.1) is 11.3 Å². The van der Waals surface area contributed by atoms with Gasteiger partial charge in [-0.3, -0.25) is 4.79 Å². The SMILES string of the molecule is COCCNc1nc(C)c(CC(=O)O)s1. The van der Waals surface area contributed by atoms with E-state index in [-0.39, 0.29) is 6.42 Å². The van der Waals surface area contributed by atoms with Gasteiger partial charge in [-0.1, -0.05) is 0 Å². The predicted molar refractivity (Wildman–Crippen MR) is 58.6 cm³/mol. The maximum absolute atomic E-state index is 10.5. The van der Waals surface area contributed by atoms with E-state index < -0.39 is 5.97 Å². The monoisotopic (exact) mass is 230 g/mol. The normalized spacial score (nSPS) is 10.3. The lowest BCUT2D eigenvalue weighted by molar-refractivity contribution is -0.136. The molecule has 0 saturated heterocycles. The molecule has 1 aromatic rings. The molecule has 1 heterocycles. The molecule has 0 unspecified atom stereocenters. The van der Waals surface area contributed by atoms with Crippen molar-refractivity contribution in [3.8, 4) is 0 Å². The molecule has 15 heavy (non-hydrogen) atoms. The summed E-state index contributed by atoms with van der Waals surface area (Å²) < 4.78 is 4.89. The largest absolute Gasteiger partial charge is 0.481 e. The summed E-state index contributed by atoms with van der Waals surface area (Å²) in [4.78, 5) is 15.5. The number of carboxylic acid groups (broad SMARTS) is 1. The Hall–Kier alpha value is -1.14. The van der Waals surface area contributed by atoms with Crippen molar-refractivity contribution < 1.29 is 14.6 Å². The number of thiazole rings is 1. The van der Waals surface area contributed by atoms with Crippen LogP contribution in [0.5, 0.6) is 0 Å². The van der Waals surface area contributed by atoms with Gasteiger partial charge in [0.2, 0.25) is 0 Å². The van der Waals surface area contributed by atoms with Crippen molar-refractivity contribution in [3.63, 3.8) is 0 Å². The average Bonchev–Trinajstić information content (AvgIpc) is 2.47. The second-order valence-corrected chi connectivity index (χ2v) is 4.10. The minimum absolute atomic E-state index is 0.0372. The number of aromatic nitrogens is 1. The molecule has 0 aliphatic heterocycles. The Balaban J connectivity index is 2.56. The van der Waals surface area contributed by atoms with Crippen molar-refractivity contribution in [2.24, 2.45) is 0 Å². The number of anilines is 1. The van der Waals surface area contributed by atoms with Crippen LogP contribution in [0.25, 0.3) is 0 Å². The van der Waals surface area contributed by atoms with E-state index in [2.05, 4.69) is 10.3 Å². The highest BCUT2D eigenvalue weighted by Gasteiger charge is 2.10. The Morgan fingerprint density at radius 3 is 3.00 bits per heavy atom. The Labute approximate surface area is 92.1 Å². The number of methoxy groups -OCH3 is 1. The van der Waals surface area contributed by atoms with Gasteiger partial charge < -0.3 is 15.2 Å². The molecule has 6 heteroatoms. The third kappa shape index (κ3) is 3.85. The number of ether oxygens (including phenoxy) is 1. The van der Waals surface area contributed by atoms with Gasteiger partial charge in [0.15, 0.2) is 5.13 Å². The van der Waals surface area contributed by atoms with Crippen LogP contribution in [0.1, 0.15) is 10.6 Å². The first kappa shape index (κ1) is 11.9. The van der Waals surface area contributed by atoms with Gasteiger partial charge in [0, 0.05) is 18.5 Å². The molecule has 0 saturated carbocycles. The highest BCUT2D eigenvalue weighted by Crippen LogP contribution is 2.22. The summed E-state index contributed by atoms with van der Waals surface area (Å²) in [5, 5.41) is 12.5. The van der Waals surface area contributed by atoms with Crippen molar-refractivity contribution in [2.75, 3.05) is 25.6 Å². The Bertz CT molecular complexity index is 338. The molecule has 0 atom stereocenters. The fraction of sp³-hybridized carbons (Fsp3) is 0.556. The molecule has 0 amide bonds. The summed E-state index contributed by atoms with van der Waals surface area (Å²) in [7, 11) is 1.63. The number of hydrogen-bond donors (Lipinski definition) is 2. The summed E-state index contributed by atoms with van der Waals surface area (Å²) in [5.41, 5.74) is 0.780. The summed E-state index contributed by atoms with van der Waals surface area (Å²) in [6, 6.07) is 0. The number of aliphatic carboxylic acids is 1. The molecule has 0 bridgehead atoms. The zero-order valence-corrected chi connectivity index (χ0v) is 9.56. The number of nitrogens with one attached hydrogen (secondary N) is 1. The van der Waals surface area contributed by atoms with E-state index in [0.29, 0.717) is 13.2 Å². The molecule has 5 nitrogen and oxygen atoms in total. The number of aryl methyl sites for hydroxylation is 1. The van der Waals surface area contributed by atoms with Crippen LogP contribution in [0.15, 0.2) is 0 Å². The number of carbonyl (C=O) groups is 1. The molecule has 2 N–H and O–H groups in total. The molecule has 0 spiro atoms. The van der Waals surface area contributed by atoms with Gasteiger partial charge >= 0.3 is 5.97 Å². The van der Waals surface area contributed by atoms with Crippen molar-refractivity contribution in [3.05, 3.63) is 10.6 Å². The van der Waals surface area contributed by atoms with Crippen LogP contribution >= 0.6 is 11.3 Å². The van der Waals surface area contributed by atoms with Gasteiger partial charge in [0.05, 0.1) is 18.7 Å². The second-order valence-electron chi connectivity index (χ2n) is 3.02. The van der Waals surface area contributed by atoms with E-state index in [4.69, 9.17) is 9.84 Å². The van der Waals surface area contributed by atoms with E-state index in [1.165, 1.54) is 11.3 Å². The minimum Gasteiger partial charge on any atom is -0.481 e. The average molecular weight is 230 g/mol. The van der Waals surface area contributed by atoms with Crippen LogP contribution in [0.2, 0.25) is 0 Å². The van der Waals surface area contributed by atoms with Crippen molar-refractivity contribution in [1.82, 2.24) is 4.98 Å². The van der Waals surface area contributed by atoms with Crippen LogP contribution in [-0.4, -0.2) is 36.3 Å². The fourth-order valence-corrected chi connectivity index (χ4v) is 2.04. The van der Waals surface area contributed by atoms with Crippen molar-refractivity contribution in [1.29, 1.82) is 0 Å². The summed E-state index contributed by atoms with van der Waals surface area (Å²) in [6.45, 7) is 3.10. The molecule has 0 radical (unpaired) electrons. The second kappa shape index (κ2) is 5.67. The molecule has 0 aromatic carbocycles. The van der Waals surface area contributed by atoms with Gasteiger partial charge in [-0.25, -0.2) is 4.98 Å². The molecule has 1 rings (SSSR count). The smallest absolute Gasteiger partial charge is 0.308 e. The van der Waals surface area contributed by atoms with Crippen LogP contribution in [0.3, 0.4) is 0 Å². The Morgan fingerprint density at radius 2 is 2.40 bits per heavy atom. The highest BCUT2D eigenvalue weighted by atomic mass is 32.1. The third-order valence-electron chi connectivity index (χ3n) is 1.79. The molecular formula is C9H14N2O3S. The topological polar surface area (TPSA) is 71.5 Å². The quantitative estimate of drug-likeness (QED) is 0.717. The first-order valence-corrected chi connectivity index (χ1v) is 5.36. The highest BCUT2D eigenvalue weighted by molar-refractivity contribution is 7.15. The first-order valence-electron chi connectivity index (χ1n) is 4.54. The van der Waals surface area contributed by atoms with Crippen LogP contribution in [0, 0.1) is 6.92 Å². The zero-order chi connectivity index (χ0) is 11.3. The first-order chi connectivity index (χ1) is 7.13. The molecule has 0 fully saturated rings. The lowest BCUT2D eigenvalue weighted by atomic mass is 10.3. The Morgan fingerprint density at radius 1 is 1.67 bits per heavy atom. The lowest BCUT2D eigenvalue weighted by Gasteiger charge is -1.99. The molecule has 1 aromatic heterocycles. The maximum Gasteiger partial charge on any atom is 0.308 e. The number of hydrogen-bond acceptors (Lipinski definition) is 5. The molecule has 0 aliphatic rings. The summed E-state index contributed by atoms with van der Waals surface area (Å²) in [5.74, 6) is -0.829. The van der Waals surface area contributed by atoms with E-state index in [1.54, 1.807) is 7.11 Å². The van der Waals surface area contributed by atoms with Crippen LogP contribution in [0.4, 0.5) is 5.13 Å².